The van der Waals surface area contributed by atoms with Crippen molar-refractivity contribution in [2.75, 3.05) is 5.32 Å². The van der Waals surface area contributed by atoms with Gasteiger partial charge in [0.15, 0.2) is 5.82 Å². The Balaban J connectivity index is 1.77. The van der Waals surface area contributed by atoms with Crippen LogP contribution in [0.15, 0.2) is 96.2 Å². The molecule has 0 atom stereocenters. The highest BCUT2D eigenvalue weighted by molar-refractivity contribution is 7.89. The molecule has 5 rings (SSSR count). The minimum absolute atomic E-state index is 0.124. The van der Waals surface area contributed by atoms with Crippen LogP contribution in [0, 0.1) is 5.82 Å². The van der Waals surface area contributed by atoms with E-state index in [-0.39, 0.29) is 10.7 Å². The maximum absolute atomic E-state index is 13.8. The number of aromatic nitrogens is 3. The first kappa shape index (κ1) is 21.6. The molecule has 0 radical (unpaired) electrons. The molecule has 2 aromatic heterocycles. The fourth-order valence-electron chi connectivity index (χ4n) is 3.77. The zero-order valence-electron chi connectivity index (χ0n) is 17.7. The highest BCUT2D eigenvalue weighted by Gasteiger charge is 2.18. The second-order valence-electron chi connectivity index (χ2n) is 7.58. The van der Waals surface area contributed by atoms with E-state index in [0.29, 0.717) is 28.1 Å². The molecule has 0 bridgehead atoms. The molecule has 9 heteroatoms. The summed E-state index contributed by atoms with van der Waals surface area (Å²) in [6.07, 6.45) is 2.69. The molecule has 2 heterocycles. The number of hydrogen-bond acceptors (Lipinski definition) is 6. The van der Waals surface area contributed by atoms with Gasteiger partial charge in [-0.3, -0.25) is 4.98 Å². The van der Waals surface area contributed by atoms with Crippen LogP contribution in [0.1, 0.15) is 0 Å². The summed E-state index contributed by atoms with van der Waals surface area (Å²) >= 11 is 0. The van der Waals surface area contributed by atoms with Crippen LogP contribution < -0.4 is 10.5 Å². The smallest absolute Gasteiger partial charge is 0.239 e. The van der Waals surface area contributed by atoms with E-state index >= 15 is 0 Å². The SMILES string of the molecule is NS(=O)(=O)c1cncc(-c2nnc(Nc3cccc(F)c3)c3c(-c4ccccc4)cccc23)c1. The molecule has 0 unspecified atom stereocenters. The number of benzene rings is 3. The van der Waals surface area contributed by atoms with Crippen molar-refractivity contribution in [1.82, 2.24) is 15.2 Å². The third-order valence-corrected chi connectivity index (χ3v) is 6.17. The van der Waals surface area contributed by atoms with Crippen LogP contribution in [0.25, 0.3) is 33.2 Å². The Labute approximate surface area is 195 Å². The summed E-state index contributed by atoms with van der Waals surface area (Å²) in [6, 6.07) is 22.9. The topological polar surface area (TPSA) is 111 Å². The van der Waals surface area contributed by atoms with Gasteiger partial charge in [0.1, 0.15) is 16.4 Å². The van der Waals surface area contributed by atoms with E-state index in [9.17, 15) is 12.8 Å². The van der Waals surface area contributed by atoms with E-state index in [1.54, 1.807) is 12.1 Å². The molecule has 0 aliphatic rings. The third-order valence-electron chi connectivity index (χ3n) is 5.29. The Bertz CT molecular complexity index is 1630. The lowest BCUT2D eigenvalue weighted by Crippen LogP contribution is -2.12. The minimum atomic E-state index is -3.95. The molecule has 3 aromatic carbocycles. The number of primary sulfonamides is 1. The first-order valence-corrected chi connectivity index (χ1v) is 11.8. The fourth-order valence-corrected chi connectivity index (χ4v) is 4.27. The largest absolute Gasteiger partial charge is 0.338 e. The molecule has 0 aliphatic carbocycles. The number of sulfonamides is 1. The van der Waals surface area contributed by atoms with Gasteiger partial charge >= 0.3 is 0 Å². The molecule has 0 spiro atoms. The van der Waals surface area contributed by atoms with Crippen molar-refractivity contribution < 1.29 is 12.8 Å². The molecule has 168 valence electrons. The van der Waals surface area contributed by atoms with Crippen molar-refractivity contribution in [3.8, 4) is 22.4 Å². The van der Waals surface area contributed by atoms with Crippen LogP contribution in [-0.4, -0.2) is 23.6 Å². The van der Waals surface area contributed by atoms with Gasteiger partial charge in [-0.25, -0.2) is 17.9 Å². The number of nitrogens with two attached hydrogens (primary N) is 1. The molecule has 5 aromatic rings. The molecular weight excluding hydrogens is 453 g/mol. The number of pyridine rings is 1. The van der Waals surface area contributed by atoms with Crippen molar-refractivity contribution >= 4 is 32.3 Å². The minimum Gasteiger partial charge on any atom is -0.338 e. The van der Waals surface area contributed by atoms with Crippen molar-refractivity contribution in [2.45, 2.75) is 4.90 Å². The number of fused-ring (bicyclic) bond motifs is 1. The lowest BCUT2D eigenvalue weighted by Gasteiger charge is -2.15. The zero-order valence-corrected chi connectivity index (χ0v) is 18.5. The van der Waals surface area contributed by atoms with Gasteiger partial charge in [0.25, 0.3) is 0 Å². The van der Waals surface area contributed by atoms with E-state index in [1.165, 1.54) is 30.6 Å². The zero-order chi connectivity index (χ0) is 23.7. The van der Waals surface area contributed by atoms with E-state index in [1.807, 2.05) is 48.5 Å². The van der Waals surface area contributed by atoms with Gasteiger partial charge in [-0.1, -0.05) is 54.6 Å². The lowest BCUT2D eigenvalue weighted by atomic mass is 9.96. The van der Waals surface area contributed by atoms with Crippen LogP contribution in [0.4, 0.5) is 15.9 Å². The average Bonchev–Trinajstić information content (AvgIpc) is 2.84. The monoisotopic (exact) mass is 471 g/mol. The van der Waals surface area contributed by atoms with Crippen LogP contribution in [0.5, 0.6) is 0 Å². The second kappa shape index (κ2) is 8.62. The summed E-state index contributed by atoms with van der Waals surface area (Å²) in [5.41, 5.74) is 3.24. The van der Waals surface area contributed by atoms with Gasteiger partial charge < -0.3 is 5.32 Å². The highest BCUT2D eigenvalue weighted by Crippen LogP contribution is 2.38. The molecule has 0 aliphatic heterocycles. The van der Waals surface area contributed by atoms with E-state index in [4.69, 9.17) is 5.14 Å². The first-order chi connectivity index (χ1) is 16.4. The molecule has 0 saturated heterocycles. The Morgan fingerprint density at radius 2 is 1.62 bits per heavy atom. The van der Waals surface area contributed by atoms with Crippen LogP contribution in [-0.2, 0) is 10.0 Å². The van der Waals surface area contributed by atoms with Gasteiger partial charge in [-0.2, -0.15) is 0 Å². The quantitative estimate of drug-likeness (QED) is 0.378. The van der Waals surface area contributed by atoms with Gasteiger partial charge in [-0.05, 0) is 35.4 Å². The maximum atomic E-state index is 13.8. The predicted molar refractivity (Wildman–Crippen MR) is 129 cm³/mol. The molecular formula is C25H18FN5O2S. The molecule has 0 saturated carbocycles. The number of rotatable bonds is 5. The number of nitrogens with zero attached hydrogens (tertiary/aromatic N) is 3. The summed E-state index contributed by atoms with van der Waals surface area (Å²) in [7, 11) is -3.95. The molecule has 3 N–H and O–H groups in total. The maximum Gasteiger partial charge on any atom is 0.239 e. The van der Waals surface area contributed by atoms with Crippen molar-refractivity contribution in [3.05, 3.63) is 97.1 Å². The summed E-state index contributed by atoms with van der Waals surface area (Å²) in [5, 5.41) is 18.7. The third kappa shape index (κ3) is 4.21. The number of anilines is 2. The molecule has 7 nitrogen and oxygen atoms in total. The molecule has 0 amide bonds. The molecule has 34 heavy (non-hydrogen) atoms. The van der Waals surface area contributed by atoms with Crippen molar-refractivity contribution in [3.63, 3.8) is 0 Å². The summed E-state index contributed by atoms with van der Waals surface area (Å²) < 4.78 is 37.5. The summed E-state index contributed by atoms with van der Waals surface area (Å²) in [4.78, 5) is 3.91. The van der Waals surface area contributed by atoms with E-state index < -0.39 is 10.0 Å². The Kier molecular flexibility index (Phi) is 5.48. The Morgan fingerprint density at radius 1 is 0.824 bits per heavy atom. The predicted octanol–water partition coefficient (Wildman–Crippen LogP) is 4.89. The Hall–Kier alpha value is -4.21. The van der Waals surface area contributed by atoms with Crippen molar-refractivity contribution in [2.24, 2.45) is 5.14 Å². The standard InChI is InChI=1S/C25H18FN5O2S/c26-18-8-4-9-19(13-18)29-25-23-21(16-6-2-1-3-7-16)10-5-11-22(23)24(30-31-25)17-12-20(15-28-14-17)34(27,32)33/h1-15H,(H,29,31)(H2,27,32,33). The fraction of sp³-hybridized carbons (Fsp3) is 0. The highest BCUT2D eigenvalue weighted by atomic mass is 32.2. The number of nitrogens with one attached hydrogen (secondary N) is 1. The van der Waals surface area contributed by atoms with Crippen LogP contribution in [0.3, 0.4) is 0 Å². The average molecular weight is 472 g/mol. The lowest BCUT2D eigenvalue weighted by molar-refractivity contribution is 0.597. The van der Waals surface area contributed by atoms with Gasteiger partial charge in [-0.15, -0.1) is 10.2 Å². The van der Waals surface area contributed by atoms with E-state index in [2.05, 4.69) is 20.5 Å². The van der Waals surface area contributed by atoms with Crippen molar-refractivity contribution in [1.29, 1.82) is 0 Å². The van der Waals surface area contributed by atoms with E-state index in [0.717, 1.165) is 16.5 Å². The number of halogens is 1. The summed E-state index contributed by atoms with van der Waals surface area (Å²) in [6.45, 7) is 0. The van der Waals surface area contributed by atoms with Gasteiger partial charge in [0, 0.05) is 34.4 Å². The molecule has 0 fully saturated rings. The summed E-state index contributed by atoms with van der Waals surface area (Å²) in [5.74, 6) is 0.0485. The second-order valence-corrected chi connectivity index (χ2v) is 9.14. The number of hydrogen-bond donors (Lipinski definition) is 2. The Morgan fingerprint density at radius 3 is 2.38 bits per heavy atom. The first-order valence-electron chi connectivity index (χ1n) is 10.3. The van der Waals surface area contributed by atoms with Gasteiger partial charge in [0.05, 0.1) is 0 Å². The normalized spacial score (nSPS) is 11.5. The van der Waals surface area contributed by atoms with Crippen LogP contribution in [0.2, 0.25) is 0 Å². The van der Waals surface area contributed by atoms with Gasteiger partial charge in [0.2, 0.25) is 10.0 Å². The van der Waals surface area contributed by atoms with Crippen LogP contribution >= 0.6 is 0 Å².